The summed E-state index contributed by atoms with van der Waals surface area (Å²) in [5.74, 6) is -0.554. The predicted molar refractivity (Wildman–Crippen MR) is 118 cm³/mol. The van der Waals surface area contributed by atoms with Gasteiger partial charge >= 0.3 is 5.97 Å². The molecule has 1 unspecified atom stereocenters. The van der Waals surface area contributed by atoms with Crippen molar-refractivity contribution in [1.82, 2.24) is 15.1 Å². The first kappa shape index (κ1) is 22.8. The minimum atomic E-state index is -0.537. The normalized spacial score (nSPS) is 15.2. The van der Waals surface area contributed by atoms with Crippen LogP contribution in [0, 0.1) is 0 Å². The summed E-state index contributed by atoms with van der Waals surface area (Å²) in [5.41, 5.74) is 1.37. The summed E-state index contributed by atoms with van der Waals surface area (Å²) in [7, 11) is 1.37. The summed E-state index contributed by atoms with van der Waals surface area (Å²) in [6.45, 7) is 2.39. The summed E-state index contributed by atoms with van der Waals surface area (Å²) >= 11 is 5.97. The van der Waals surface area contributed by atoms with Gasteiger partial charge in [-0.25, -0.2) is 4.79 Å². The maximum atomic E-state index is 12.5. The largest absolute Gasteiger partial charge is 0.468 e. The summed E-state index contributed by atoms with van der Waals surface area (Å²) in [5, 5.41) is 3.37. The zero-order valence-corrected chi connectivity index (χ0v) is 18.2. The summed E-state index contributed by atoms with van der Waals surface area (Å²) in [6, 6.07) is 15.5. The van der Waals surface area contributed by atoms with Crippen LogP contribution in [-0.4, -0.2) is 67.4 Å². The number of carbonyl (C=O) groups is 3. The van der Waals surface area contributed by atoms with Gasteiger partial charge in [-0.1, -0.05) is 41.9 Å². The topological polar surface area (TPSA) is 79.0 Å². The molecule has 1 aliphatic heterocycles. The molecule has 1 N–H and O–H groups in total. The summed E-state index contributed by atoms with van der Waals surface area (Å²) < 4.78 is 5.00. The third-order valence-corrected chi connectivity index (χ3v) is 5.55. The second-order valence-electron chi connectivity index (χ2n) is 7.27. The lowest BCUT2D eigenvalue weighted by Crippen LogP contribution is -2.51. The van der Waals surface area contributed by atoms with Crippen LogP contribution in [0.1, 0.15) is 28.4 Å². The average Bonchev–Trinajstić information content (AvgIpc) is 2.81. The second-order valence-corrected chi connectivity index (χ2v) is 7.70. The van der Waals surface area contributed by atoms with Crippen molar-refractivity contribution in [3.8, 4) is 0 Å². The van der Waals surface area contributed by atoms with E-state index < -0.39 is 6.04 Å². The van der Waals surface area contributed by atoms with Crippen LogP contribution >= 0.6 is 11.6 Å². The zero-order valence-electron chi connectivity index (χ0n) is 17.4. The minimum absolute atomic E-state index is 0.0193. The molecule has 2 aromatic rings. The smallest absolute Gasteiger partial charge is 0.327 e. The van der Waals surface area contributed by atoms with Gasteiger partial charge in [0.1, 0.15) is 6.04 Å². The van der Waals surface area contributed by atoms with Crippen LogP contribution in [-0.2, 0) is 14.3 Å². The van der Waals surface area contributed by atoms with Gasteiger partial charge in [-0.2, -0.15) is 0 Å². The molecule has 2 aromatic carbocycles. The number of nitrogens with one attached hydrogen (secondary N) is 1. The van der Waals surface area contributed by atoms with E-state index in [1.54, 1.807) is 41.3 Å². The summed E-state index contributed by atoms with van der Waals surface area (Å²) in [4.78, 5) is 40.8. The van der Waals surface area contributed by atoms with Crippen LogP contribution in [0.25, 0.3) is 0 Å². The number of halogens is 1. The van der Waals surface area contributed by atoms with Crippen molar-refractivity contribution >= 4 is 29.4 Å². The van der Waals surface area contributed by atoms with Crippen molar-refractivity contribution in [3.05, 3.63) is 70.7 Å². The van der Waals surface area contributed by atoms with Crippen LogP contribution in [0.15, 0.2) is 54.6 Å². The number of nitrogens with zero attached hydrogens (tertiary/aromatic N) is 2. The second kappa shape index (κ2) is 10.9. The molecule has 1 heterocycles. The van der Waals surface area contributed by atoms with Crippen molar-refractivity contribution in [2.75, 3.05) is 39.8 Å². The third kappa shape index (κ3) is 6.06. The molecule has 1 fully saturated rings. The molecule has 164 valence electrons. The number of ether oxygens (including phenoxy) is 1. The first-order chi connectivity index (χ1) is 15.0. The molecule has 7 nitrogen and oxygen atoms in total. The number of carbonyl (C=O) groups excluding carboxylic acids is 3. The van der Waals surface area contributed by atoms with Gasteiger partial charge in [-0.15, -0.1) is 0 Å². The molecular formula is C23H26ClN3O4. The summed E-state index contributed by atoms with van der Waals surface area (Å²) in [6.07, 6.45) is 0.232. The SMILES string of the molecule is COC(=O)C(c1ccc(Cl)cc1)N1CCN(C(=O)CCNC(=O)c2ccccc2)CC1. The highest BCUT2D eigenvalue weighted by atomic mass is 35.5. The van der Waals surface area contributed by atoms with Gasteiger partial charge in [-0.3, -0.25) is 14.5 Å². The number of piperazine rings is 1. The molecule has 0 radical (unpaired) electrons. The zero-order chi connectivity index (χ0) is 22.2. The molecule has 0 aliphatic carbocycles. The highest BCUT2D eigenvalue weighted by molar-refractivity contribution is 6.30. The molecule has 0 spiro atoms. The van der Waals surface area contributed by atoms with Crippen molar-refractivity contribution in [1.29, 1.82) is 0 Å². The van der Waals surface area contributed by atoms with E-state index in [0.29, 0.717) is 36.8 Å². The van der Waals surface area contributed by atoms with Crippen LogP contribution in [0.3, 0.4) is 0 Å². The molecule has 1 aliphatic rings. The molecule has 8 heteroatoms. The van der Waals surface area contributed by atoms with Crippen molar-refractivity contribution < 1.29 is 19.1 Å². The molecular weight excluding hydrogens is 418 g/mol. The Morgan fingerprint density at radius 1 is 1.00 bits per heavy atom. The third-order valence-electron chi connectivity index (χ3n) is 5.30. The van der Waals surface area contributed by atoms with Crippen LogP contribution < -0.4 is 5.32 Å². The lowest BCUT2D eigenvalue weighted by Gasteiger charge is -2.38. The predicted octanol–water partition coefficient (Wildman–Crippen LogP) is 2.52. The lowest BCUT2D eigenvalue weighted by atomic mass is 10.0. The van der Waals surface area contributed by atoms with E-state index in [9.17, 15) is 14.4 Å². The number of hydrogen-bond donors (Lipinski definition) is 1. The van der Waals surface area contributed by atoms with E-state index in [4.69, 9.17) is 16.3 Å². The maximum absolute atomic E-state index is 12.5. The molecule has 3 rings (SSSR count). The highest BCUT2D eigenvalue weighted by Crippen LogP contribution is 2.25. The van der Waals surface area contributed by atoms with Crippen molar-refractivity contribution in [3.63, 3.8) is 0 Å². The van der Waals surface area contributed by atoms with E-state index in [-0.39, 0.29) is 30.7 Å². The van der Waals surface area contributed by atoms with E-state index in [0.717, 1.165) is 5.56 Å². The molecule has 0 saturated carbocycles. The average molecular weight is 444 g/mol. The Kier molecular flexibility index (Phi) is 8.03. The Hall–Kier alpha value is -2.90. The van der Waals surface area contributed by atoms with Gasteiger partial charge in [0.15, 0.2) is 0 Å². The first-order valence-electron chi connectivity index (χ1n) is 10.2. The molecule has 31 heavy (non-hydrogen) atoms. The number of methoxy groups -OCH3 is 1. The van der Waals surface area contributed by atoms with E-state index >= 15 is 0 Å². The first-order valence-corrected chi connectivity index (χ1v) is 10.6. The minimum Gasteiger partial charge on any atom is -0.468 e. The Morgan fingerprint density at radius 2 is 1.65 bits per heavy atom. The Bertz CT molecular complexity index is 897. The van der Waals surface area contributed by atoms with Gasteiger partial charge in [0.25, 0.3) is 5.91 Å². The number of hydrogen-bond acceptors (Lipinski definition) is 5. The van der Waals surface area contributed by atoms with E-state index in [2.05, 4.69) is 5.32 Å². The Balaban J connectivity index is 1.50. The molecule has 0 aromatic heterocycles. The van der Waals surface area contributed by atoms with Crippen LogP contribution in [0.5, 0.6) is 0 Å². The van der Waals surface area contributed by atoms with Crippen LogP contribution in [0.4, 0.5) is 0 Å². The number of rotatable bonds is 7. The maximum Gasteiger partial charge on any atom is 0.327 e. The van der Waals surface area contributed by atoms with E-state index in [1.807, 2.05) is 23.1 Å². The fourth-order valence-corrected chi connectivity index (χ4v) is 3.74. The lowest BCUT2D eigenvalue weighted by molar-refractivity contribution is -0.148. The van der Waals surface area contributed by atoms with Gasteiger partial charge in [0, 0.05) is 49.7 Å². The number of benzene rings is 2. The Labute approximate surface area is 186 Å². The molecule has 0 bridgehead atoms. The van der Waals surface area contributed by atoms with Gasteiger partial charge in [-0.05, 0) is 29.8 Å². The molecule has 1 saturated heterocycles. The van der Waals surface area contributed by atoms with Crippen LogP contribution in [0.2, 0.25) is 5.02 Å². The molecule has 1 atom stereocenters. The van der Waals surface area contributed by atoms with Gasteiger partial charge in [0.05, 0.1) is 7.11 Å². The highest BCUT2D eigenvalue weighted by Gasteiger charge is 2.32. The fourth-order valence-electron chi connectivity index (χ4n) is 3.61. The Morgan fingerprint density at radius 3 is 2.26 bits per heavy atom. The van der Waals surface area contributed by atoms with E-state index in [1.165, 1.54) is 7.11 Å². The van der Waals surface area contributed by atoms with Crippen molar-refractivity contribution in [2.24, 2.45) is 0 Å². The van der Waals surface area contributed by atoms with Gasteiger partial charge < -0.3 is 15.0 Å². The molecule has 2 amide bonds. The number of esters is 1. The van der Waals surface area contributed by atoms with Gasteiger partial charge in [0.2, 0.25) is 5.91 Å². The van der Waals surface area contributed by atoms with Crippen molar-refractivity contribution in [2.45, 2.75) is 12.5 Å². The standard InChI is InChI=1S/C23H26ClN3O4/c1-31-23(30)21(17-7-9-19(24)10-8-17)27-15-13-26(14-16-27)20(28)11-12-25-22(29)18-5-3-2-4-6-18/h2-10,21H,11-16H2,1H3,(H,25,29). The quantitative estimate of drug-likeness (QED) is 0.665. The fraction of sp³-hybridized carbons (Fsp3) is 0.348. The number of amides is 2. The monoisotopic (exact) mass is 443 g/mol.